The first-order valence-corrected chi connectivity index (χ1v) is 7.79. The first-order chi connectivity index (χ1) is 10.1. The second-order valence-electron chi connectivity index (χ2n) is 6.11. The number of hydrogen-bond acceptors (Lipinski definition) is 4. The van der Waals surface area contributed by atoms with E-state index in [2.05, 4.69) is 18.0 Å². The predicted octanol–water partition coefficient (Wildman–Crippen LogP) is 2.57. The van der Waals surface area contributed by atoms with Crippen LogP contribution in [-0.2, 0) is 11.3 Å². The van der Waals surface area contributed by atoms with Gasteiger partial charge in [0.25, 0.3) is 0 Å². The van der Waals surface area contributed by atoms with Crippen LogP contribution in [0.1, 0.15) is 36.9 Å². The van der Waals surface area contributed by atoms with E-state index in [1.807, 2.05) is 19.1 Å². The summed E-state index contributed by atoms with van der Waals surface area (Å²) in [5.41, 5.74) is 8.35. The van der Waals surface area contributed by atoms with Gasteiger partial charge in [0.2, 0.25) is 0 Å². The Morgan fingerprint density at radius 1 is 1.38 bits per heavy atom. The molecule has 0 saturated carbocycles. The lowest BCUT2D eigenvalue weighted by molar-refractivity contribution is 0.0549. The summed E-state index contributed by atoms with van der Waals surface area (Å²) in [7, 11) is 3.90. The topological polar surface area (TPSA) is 47.7 Å². The normalized spacial score (nSPS) is 18.0. The summed E-state index contributed by atoms with van der Waals surface area (Å²) in [5.74, 6) is 1.68. The van der Waals surface area contributed by atoms with Crippen molar-refractivity contribution >= 4 is 0 Å². The molecule has 0 amide bonds. The van der Waals surface area contributed by atoms with Gasteiger partial charge in [-0.25, -0.2) is 0 Å². The van der Waals surface area contributed by atoms with Crippen molar-refractivity contribution in [2.75, 3.05) is 33.9 Å². The van der Waals surface area contributed by atoms with Crippen LogP contribution in [0.15, 0.2) is 18.2 Å². The summed E-state index contributed by atoms with van der Waals surface area (Å²) < 4.78 is 10.9. The number of benzene rings is 1. The van der Waals surface area contributed by atoms with Crippen LogP contribution >= 0.6 is 0 Å². The molecule has 0 bridgehead atoms. The van der Waals surface area contributed by atoms with Crippen LogP contribution in [0, 0.1) is 5.92 Å². The van der Waals surface area contributed by atoms with E-state index < -0.39 is 0 Å². The Bertz CT molecular complexity index is 442. The summed E-state index contributed by atoms with van der Waals surface area (Å²) in [6.07, 6.45) is 2.34. The van der Waals surface area contributed by atoms with Gasteiger partial charge < -0.3 is 20.1 Å². The molecule has 1 aliphatic heterocycles. The first kappa shape index (κ1) is 16.3. The Morgan fingerprint density at radius 3 is 2.71 bits per heavy atom. The van der Waals surface area contributed by atoms with Crippen LogP contribution in [-0.4, -0.2) is 38.8 Å². The standard InChI is InChI=1S/C17H28N2O2/c1-13(18)15-4-5-17(20-3)16(10-15)12-19(2)11-14-6-8-21-9-7-14/h4-5,10,13-14H,6-9,11-12,18H2,1-3H3. The summed E-state index contributed by atoms with van der Waals surface area (Å²) in [6.45, 7) is 5.82. The van der Waals surface area contributed by atoms with E-state index in [4.69, 9.17) is 15.2 Å². The minimum atomic E-state index is 0.0513. The minimum absolute atomic E-state index is 0.0513. The Morgan fingerprint density at radius 2 is 2.10 bits per heavy atom. The molecule has 1 heterocycles. The van der Waals surface area contributed by atoms with Crippen molar-refractivity contribution in [2.24, 2.45) is 11.7 Å². The molecule has 1 aromatic carbocycles. The van der Waals surface area contributed by atoms with Gasteiger partial charge in [-0.15, -0.1) is 0 Å². The van der Waals surface area contributed by atoms with Crippen LogP contribution in [0.2, 0.25) is 0 Å². The zero-order chi connectivity index (χ0) is 15.2. The number of methoxy groups -OCH3 is 1. The van der Waals surface area contributed by atoms with Gasteiger partial charge in [0.15, 0.2) is 0 Å². The highest BCUT2D eigenvalue weighted by molar-refractivity contribution is 5.38. The third kappa shape index (κ3) is 4.70. The lowest BCUT2D eigenvalue weighted by atomic mass is 9.99. The molecular formula is C17H28N2O2. The molecule has 1 saturated heterocycles. The van der Waals surface area contributed by atoms with Crippen molar-refractivity contribution < 1.29 is 9.47 Å². The van der Waals surface area contributed by atoms with E-state index in [1.54, 1.807) is 7.11 Å². The molecule has 2 rings (SSSR count). The fourth-order valence-electron chi connectivity index (χ4n) is 2.93. The molecule has 0 aliphatic carbocycles. The van der Waals surface area contributed by atoms with Crippen LogP contribution < -0.4 is 10.5 Å². The molecule has 1 aromatic rings. The minimum Gasteiger partial charge on any atom is -0.496 e. The second kappa shape index (κ2) is 7.78. The lowest BCUT2D eigenvalue weighted by Crippen LogP contribution is -2.29. The highest BCUT2D eigenvalue weighted by atomic mass is 16.5. The van der Waals surface area contributed by atoms with Gasteiger partial charge in [-0.2, -0.15) is 0 Å². The molecule has 0 aromatic heterocycles. The molecule has 0 radical (unpaired) electrons. The second-order valence-corrected chi connectivity index (χ2v) is 6.11. The van der Waals surface area contributed by atoms with E-state index in [9.17, 15) is 0 Å². The monoisotopic (exact) mass is 292 g/mol. The maximum Gasteiger partial charge on any atom is 0.123 e. The zero-order valence-corrected chi connectivity index (χ0v) is 13.5. The number of hydrogen-bond donors (Lipinski definition) is 1. The number of nitrogens with two attached hydrogens (primary N) is 1. The summed E-state index contributed by atoms with van der Waals surface area (Å²) in [4.78, 5) is 2.37. The van der Waals surface area contributed by atoms with E-state index in [-0.39, 0.29) is 6.04 Å². The van der Waals surface area contributed by atoms with Crippen molar-refractivity contribution in [3.05, 3.63) is 29.3 Å². The van der Waals surface area contributed by atoms with Gasteiger partial charge >= 0.3 is 0 Å². The fourth-order valence-corrected chi connectivity index (χ4v) is 2.93. The summed E-state index contributed by atoms with van der Waals surface area (Å²) in [6, 6.07) is 6.29. The van der Waals surface area contributed by atoms with Gasteiger partial charge in [0.05, 0.1) is 7.11 Å². The summed E-state index contributed by atoms with van der Waals surface area (Å²) >= 11 is 0. The van der Waals surface area contributed by atoms with Crippen LogP contribution in [0.3, 0.4) is 0 Å². The predicted molar refractivity (Wildman–Crippen MR) is 85.5 cm³/mol. The first-order valence-electron chi connectivity index (χ1n) is 7.79. The quantitative estimate of drug-likeness (QED) is 0.875. The third-order valence-corrected chi connectivity index (χ3v) is 4.18. The lowest BCUT2D eigenvalue weighted by Gasteiger charge is -2.27. The average Bonchev–Trinajstić information content (AvgIpc) is 2.48. The highest BCUT2D eigenvalue weighted by Gasteiger charge is 2.17. The fraction of sp³-hybridized carbons (Fsp3) is 0.647. The Kier molecular flexibility index (Phi) is 6.03. The average molecular weight is 292 g/mol. The van der Waals surface area contributed by atoms with Crippen molar-refractivity contribution in [1.82, 2.24) is 4.90 Å². The third-order valence-electron chi connectivity index (χ3n) is 4.18. The maximum atomic E-state index is 5.99. The SMILES string of the molecule is COc1ccc(C(C)N)cc1CN(C)CC1CCOCC1. The van der Waals surface area contributed by atoms with E-state index in [0.717, 1.165) is 43.5 Å². The van der Waals surface area contributed by atoms with Crippen molar-refractivity contribution in [2.45, 2.75) is 32.4 Å². The summed E-state index contributed by atoms with van der Waals surface area (Å²) in [5, 5.41) is 0. The molecular weight excluding hydrogens is 264 g/mol. The van der Waals surface area contributed by atoms with Crippen LogP contribution in [0.4, 0.5) is 0 Å². The van der Waals surface area contributed by atoms with E-state index >= 15 is 0 Å². The zero-order valence-electron chi connectivity index (χ0n) is 13.5. The van der Waals surface area contributed by atoms with E-state index in [0.29, 0.717) is 0 Å². The maximum absolute atomic E-state index is 5.99. The van der Waals surface area contributed by atoms with Crippen LogP contribution in [0.25, 0.3) is 0 Å². The van der Waals surface area contributed by atoms with E-state index in [1.165, 1.54) is 18.4 Å². The molecule has 0 spiro atoms. The largest absolute Gasteiger partial charge is 0.496 e. The molecule has 4 nitrogen and oxygen atoms in total. The highest BCUT2D eigenvalue weighted by Crippen LogP contribution is 2.24. The molecule has 4 heteroatoms. The smallest absolute Gasteiger partial charge is 0.123 e. The van der Waals surface area contributed by atoms with Gasteiger partial charge in [-0.3, -0.25) is 0 Å². The van der Waals surface area contributed by atoms with Crippen molar-refractivity contribution in [1.29, 1.82) is 0 Å². The molecule has 1 fully saturated rings. The Labute approximate surface area is 128 Å². The molecule has 1 unspecified atom stereocenters. The van der Waals surface area contributed by atoms with Gasteiger partial charge in [0, 0.05) is 37.9 Å². The van der Waals surface area contributed by atoms with Crippen molar-refractivity contribution in [3.63, 3.8) is 0 Å². The Hall–Kier alpha value is -1.10. The van der Waals surface area contributed by atoms with Crippen LogP contribution in [0.5, 0.6) is 5.75 Å². The number of nitrogens with zero attached hydrogens (tertiary/aromatic N) is 1. The number of ether oxygens (including phenoxy) is 2. The van der Waals surface area contributed by atoms with Crippen molar-refractivity contribution in [3.8, 4) is 5.75 Å². The Balaban J connectivity index is 2.00. The van der Waals surface area contributed by atoms with Gasteiger partial charge in [0.1, 0.15) is 5.75 Å². The molecule has 21 heavy (non-hydrogen) atoms. The molecule has 1 aliphatic rings. The number of rotatable bonds is 6. The molecule has 118 valence electrons. The molecule has 1 atom stereocenters. The van der Waals surface area contributed by atoms with Gasteiger partial charge in [-0.1, -0.05) is 6.07 Å². The van der Waals surface area contributed by atoms with Gasteiger partial charge in [-0.05, 0) is 50.4 Å². The molecule has 2 N–H and O–H groups in total.